The first-order chi connectivity index (χ1) is 8.96. The molecule has 2 aliphatic carbocycles. The molecule has 0 saturated heterocycles. The van der Waals surface area contributed by atoms with E-state index in [1.54, 1.807) is 0 Å². The highest BCUT2D eigenvalue weighted by molar-refractivity contribution is 5.79. The third-order valence-corrected chi connectivity index (χ3v) is 4.66. The molecule has 1 unspecified atom stereocenters. The molecule has 104 valence electrons. The van der Waals surface area contributed by atoms with Crippen LogP contribution in [0.1, 0.15) is 56.8 Å². The first kappa shape index (κ1) is 12.7. The standard InChI is InChI=1S/C15H23N3O/c1-15(2)7-12(17-14(19)10-5-4-6-10)11-9-16-18(3)13(11)8-15/h9-10,12H,4-8H2,1-3H3,(H,17,19). The van der Waals surface area contributed by atoms with E-state index in [1.165, 1.54) is 17.7 Å². The topological polar surface area (TPSA) is 46.9 Å². The Hall–Kier alpha value is -1.32. The van der Waals surface area contributed by atoms with Gasteiger partial charge in [-0.15, -0.1) is 0 Å². The first-order valence-electron chi connectivity index (χ1n) is 7.27. The molecule has 2 aliphatic rings. The molecular formula is C15H23N3O. The van der Waals surface area contributed by atoms with Gasteiger partial charge < -0.3 is 5.32 Å². The molecule has 1 heterocycles. The van der Waals surface area contributed by atoms with Gasteiger partial charge in [0.15, 0.2) is 0 Å². The van der Waals surface area contributed by atoms with Crippen LogP contribution in [0.25, 0.3) is 0 Å². The number of hydrogen-bond acceptors (Lipinski definition) is 2. The predicted molar refractivity (Wildman–Crippen MR) is 73.5 cm³/mol. The van der Waals surface area contributed by atoms with Gasteiger partial charge in [0.2, 0.25) is 5.91 Å². The average molecular weight is 261 g/mol. The Balaban J connectivity index is 1.82. The fraction of sp³-hybridized carbons (Fsp3) is 0.733. The zero-order valence-corrected chi connectivity index (χ0v) is 12.1. The van der Waals surface area contributed by atoms with Crippen molar-refractivity contribution in [2.24, 2.45) is 18.4 Å². The van der Waals surface area contributed by atoms with Crippen molar-refractivity contribution in [3.8, 4) is 0 Å². The van der Waals surface area contributed by atoms with Crippen molar-refractivity contribution in [3.05, 3.63) is 17.5 Å². The van der Waals surface area contributed by atoms with Gasteiger partial charge in [-0.05, 0) is 31.1 Å². The summed E-state index contributed by atoms with van der Waals surface area (Å²) < 4.78 is 1.96. The Bertz CT molecular complexity index is 499. The van der Waals surface area contributed by atoms with Crippen molar-refractivity contribution in [3.63, 3.8) is 0 Å². The van der Waals surface area contributed by atoms with E-state index in [-0.39, 0.29) is 23.3 Å². The highest BCUT2D eigenvalue weighted by atomic mass is 16.2. The van der Waals surface area contributed by atoms with Gasteiger partial charge in [-0.2, -0.15) is 5.10 Å². The van der Waals surface area contributed by atoms with Crippen LogP contribution in [0, 0.1) is 11.3 Å². The number of nitrogens with one attached hydrogen (secondary N) is 1. The molecular weight excluding hydrogens is 238 g/mol. The lowest BCUT2D eigenvalue weighted by molar-refractivity contribution is -0.128. The van der Waals surface area contributed by atoms with Gasteiger partial charge in [-0.3, -0.25) is 9.48 Å². The lowest BCUT2D eigenvalue weighted by atomic mass is 9.74. The molecule has 1 atom stereocenters. The second-order valence-electron chi connectivity index (χ2n) is 6.90. The summed E-state index contributed by atoms with van der Waals surface area (Å²) in [5, 5.41) is 7.62. The van der Waals surface area contributed by atoms with Crippen molar-refractivity contribution in [1.82, 2.24) is 15.1 Å². The molecule has 1 amide bonds. The molecule has 0 spiro atoms. The minimum Gasteiger partial charge on any atom is -0.349 e. The summed E-state index contributed by atoms with van der Waals surface area (Å²) in [4.78, 5) is 12.2. The molecule has 4 nitrogen and oxygen atoms in total. The monoisotopic (exact) mass is 261 g/mol. The highest BCUT2D eigenvalue weighted by Crippen LogP contribution is 2.41. The minimum atomic E-state index is 0.139. The zero-order chi connectivity index (χ0) is 13.6. The SMILES string of the molecule is Cn1ncc2c1CC(C)(C)CC2NC(=O)C1CCC1. The number of rotatable bonds is 2. The number of carbonyl (C=O) groups excluding carboxylic acids is 1. The van der Waals surface area contributed by atoms with E-state index in [0.29, 0.717) is 0 Å². The molecule has 3 rings (SSSR count). The van der Waals surface area contributed by atoms with E-state index in [9.17, 15) is 4.79 Å². The van der Waals surface area contributed by atoms with Crippen LogP contribution in [-0.4, -0.2) is 15.7 Å². The molecule has 1 fully saturated rings. The molecule has 1 saturated carbocycles. The quantitative estimate of drug-likeness (QED) is 0.888. The number of fused-ring (bicyclic) bond motifs is 1. The minimum absolute atomic E-state index is 0.139. The summed E-state index contributed by atoms with van der Waals surface area (Å²) in [5.74, 6) is 0.494. The van der Waals surface area contributed by atoms with Crippen molar-refractivity contribution in [2.75, 3.05) is 0 Å². The number of carbonyl (C=O) groups is 1. The molecule has 1 aromatic heterocycles. The van der Waals surface area contributed by atoms with Crippen molar-refractivity contribution >= 4 is 5.91 Å². The summed E-state index contributed by atoms with van der Waals surface area (Å²) in [5.41, 5.74) is 2.71. The van der Waals surface area contributed by atoms with E-state index < -0.39 is 0 Å². The smallest absolute Gasteiger partial charge is 0.223 e. The number of hydrogen-bond donors (Lipinski definition) is 1. The Morgan fingerprint density at radius 2 is 2.21 bits per heavy atom. The summed E-state index contributed by atoms with van der Waals surface area (Å²) in [7, 11) is 1.99. The van der Waals surface area contributed by atoms with Crippen LogP contribution in [0.3, 0.4) is 0 Å². The Morgan fingerprint density at radius 3 is 2.84 bits per heavy atom. The molecule has 0 radical (unpaired) electrons. The second kappa shape index (κ2) is 4.36. The largest absolute Gasteiger partial charge is 0.349 e. The Labute approximate surface area is 114 Å². The summed E-state index contributed by atoms with van der Waals surface area (Å²) in [6.07, 6.45) is 7.28. The van der Waals surface area contributed by atoms with Gasteiger partial charge in [0.1, 0.15) is 0 Å². The first-order valence-corrected chi connectivity index (χ1v) is 7.27. The maximum Gasteiger partial charge on any atom is 0.223 e. The van der Waals surface area contributed by atoms with Crippen LogP contribution in [0.15, 0.2) is 6.20 Å². The van der Waals surface area contributed by atoms with Gasteiger partial charge in [0.25, 0.3) is 0 Å². The lowest BCUT2D eigenvalue weighted by Gasteiger charge is -2.37. The third kappa shape index (κ3) is 2.28. The van der Waals surface area contributed by atoms with Crippen LogP contribution in [0.2, 0.25) is 0 Å². The summed E-state index contributed by atoms with van der Waals surface area (Å²) in [6.45, 7) is 4.54. The Kier molecular flexibility index (Phi) is 2.91. The fourth-order valence-corrected chi connectivity index (χ4v) is 3.26. The third-order valence-electron chi connectivity index (χ3n) is 4.66. The van der Waals surface area contributed by atoms with Gasteiger partial charge in [0, 0.05) is 24.2 Å². The normalized spacial score (nSPS) is 25.5. The van der Waals surface area contributed by atoms with Gasteiger partial charge in [0.05, 0.1) is 12.2 Å². The number of nitrogens with zero attached hydrogens (tertiary/aromatic N) is 2. The van der Waals surface area contributed by atoms with Gasteiger partial charge >= 0.3 is 0 Å². The van der Waals surface area contributed by atoms with Crippen molar-refractivity contribution < 1.29 is 4.79 Å². The predicted octanol–water partition coefficient (Wildman–Crippen LogP) is 2.35. The number of amides is 1. The maximum absolute atomic E-state index is 12.2. The van der Waals surface area contributed by atoms with E-state index in [4.69, 9.17) is 0 Å². The Morgan fingerprint density at radius 1 is 1.47 bits per heavy atom. The fourth-order valence-electron chi connectivity index (χ4n) is 3.26. The molecule has 4 heteroatoms. The average Bonchev–Trinajstić information content (AvgIpc) is 2.56. The van der Waals surface area contributed by atoms with E-state index >= 15 is 0 Å². The van der Waals surface area contributed by atoms with Crippen LogP contribution in [-0.2, 0) is 18.3 Å². The molecule has 19 heavy (non-hydrogen) atoms. The number of aromatic nitrogens is 2. The molecule has 0 aromatic carbocycles. The van der Waals surface area contributed by atoms with Crippen LogP contribution < -0.4 is 5.32 Å². The number of aryl methyl sites for hydroxylation is 1. The zero-order valence-electron chi connectivity index (χ0n) is 12.1. The summed E-state index contributed by atoms with van der Waals surface area (Å²) >= 11 is 0. The molecule has 0 aliphatic heterocycles. The molecule has 0 bridgehead atoms. The van der Waals surface area contributed by atoms with E-state index in [0.717, 1.165) is 25.7 Å². The second-order valence-corrected chi connectivity index (χ2v) is 6.90. The van der Waals surface area contributed by atoms with Gasteiger partial charge in [-0.1, -0.05) is 20.3 Å². The molecule has 1 aromatic rings. The van der Waals surface area contributed by atoms with Gasteiger partial charge in [-0.25, -0.2) is 0 Å². The van der Waals surface area contributed by atoms with E-state index in [1.807, 2.05) is 17.9 Å². The maximum atomic E-state index is 12.2. The van der Waals surface area contributed by atoms with Crippen molar-refractivity contribution in [2.45, 2.75) is 52.0 Å². The van der Waals surface area contributed by atoms with Crippen LogP contribution in [0.4, 0.5) is 0 Å². The lowest BCUT2D eigenvalue weighted by Crippen LogP contribution is -2.41. The van der Waals surface area contributed by atoms with Crippen LogP contribution >= 0.6 is 0 Å². The van der Waals surface area contributed by atoms with Crippen LogP contribution in [0.5, 0.6) is 0 Å². The van der Waals surface area contributed by atoms with E-state index in [2.05, 4.69) is 24.3 Å². The van der Waals surface area contributed by atoms with Crippen molar-refractivity contribution in [1.29, 1.82) is 0 Å². The molecule has 1 N–H and O–H groups in total. The summed E-state index contributed by atoms with van der Waals surface area (Å²) in [6, 6.07) is 0.139. The highest BCUT2D eigenvalue weighted by Gasteiger charge is 2.36.